The number of hydrogen-bond donors (Lipinski definition) is 2. The smallest absolute Gasteiger partial charge is 0.224 e. The molecule has 1 fully saturated rings. The molecule has 0 unspecified atom stereocenters. The van der Waals surface area contributed by atoms with Crippen LogP contribution in [0.25, 0.3) is 0 Å². The minimum Gasteiger partial charge on any atom is -0.370 e. The Bertz CT molecular complexity index is 374. The lowest BCUT2D eigenvalue weighted by atomic mass is 10.3. The van der Waals surface area contributed by atoms with Crippen LogP contribution in [0.1, 0.15) is 25.0 Å². The first-order valence-corrected chi connectivity index (χ1v) is 6.77. The van der Waals surface area contributed by atoms with Gasteiger partial charge < -0.3 is 15.5 Å². The lowest BCUT2D eigenvalue weighted by molar-refractivity contribution is 0.337. The molecule has 0 aliphatic carbocycles. The molecule has 0 amide bonds. The number of nitrogens with zero attached hydrogens (tertiary/aromatic N) is 3. The summed E-state index contributed by atoms with van der Waals surface area (Å²) in [6.07, 6.45) is 3.89. The van der Waals surface area contributed by atoms with Gasteiger partial charge in [-0.1, -0.05) is 0 Å². The van der Waals surface area contributed by atoms with Gasteiger partial charge in [0.05, 0.1) is 0 Å². The molecule has 1 aromatic rings. The zero-order chi connectivity index (χ0) is 12.8. The molecule has 18 heavy (non-hydrogen) atoms. The van der Waals surface area contributed by atoms with Crippen LogP contribution in [0.3, 0.4) is 0 Å². The second-order valence-corrected chi connectivity index (χ2v) is 4.80. The molecular weight excluding hydrogens is 226 g/mol. The third-order valence-corrected chi connectivity index (χ3v) is 3.23. The first-order valence-electron chi connectivity index (χ1n) is 6.77. The van der Waals surface area contributed by atoms with E-state index in [2.05, 4.69) is 25.5 Å². The Morgan fingerprint density at radius 3 is 2.78 bits per heavy atom. The summed E-state index contributed by atoms with van der Waals surface area (Å²) in [6, 6.07) is 1.98. The normalized spacial score (nSPS) is 15.9. The largest absolute Gasteiger partial charge is 0.370 e. The third-order valence-electron chi connectivity index (χ3n) is 3.23. The molecule has 2 heterocycles. The molecule has 5 nitrogen and oxygen atoms in total. The molecular formula is C13H23N5. The van der Waals surface area contributed by atoms with Crippen molar-refractivity contribution in [2.75, 3.05) is 43.9 Å². The van der Waals surface area contributed by atoms with Gasteiger partial charge in [0.2, 0.25) is 5.95 Å². The van der Waals surface area contributed by atoms with Gasteiger partial charge in [-0.05, 0) is 45.8 Å². The van der Waals surface area contributed by atoms with E-state index in [1.165, 1.54) is 32.5 Å². The van der Waals surface area contributed by atoms with Crippen LogP contribution in [0.5, 0.6) is 0 Å². The Morgan fingerprint density at radius 2 is 2.06 bits per heavy atom. The molecule has 0 aromatic carbocycles. The van der Waals surface area contributed by atoms with Gasteiger partial charge >= 0.3 is 0 Å². The first-order chi connectivity index (χ1) is 8.78. The maximum atomic E-state index is 4.37. The van der Waals surface area contributed by atoms with Crippen LogP contribution in [0.4, 0.5) is 11.8 Å². The average Bonchev–Trinajstić information content (AvgIpc) is 2.87. The van der Waals surface area contributed by atoms with Crippen molar-refractivity contribution in [3.63, 3.8) is 0 Å². The summed E-state index contributed by atoms with van der Waals surface area (Å²) in [5, 5.41) is 6.34. The molecule has 0 atom stereocenters. The summed E-state index contributed by atoms with van der Waals surface area (Å²) in [5.74, 6) is 1.59. The van der Waals surface area contributed by atoms with E-state index in [1.54, 1.807) is 0 Å². The van der Waals surface area contributed by atoms with Crippen molar-refractivity contribution >= 4 is 11.8 Å². The highest BCUT2D eigenvalue weighted by Gasteiger charge is 2.10. The fraction of sp³-hybridized carbons (Fsp3) is 0.692. The van der Waals surface area contributed by atoms with Gasteiger partial charge in [0.1, 0.15) is 5.82 Å². The number of likely N-dealkylation sites (tertiary alicyclic amines) is 1. The van der Waals surface area contributed by atoms with Crippen LogP contribution >= 0.6 is 0 Å². The zero-order valence-corrected chi connectivity index (χ0v) is 11.4. The predicted octanol–water partition coefficient (Wildman–Crippen LogP) is 1.72. The third kappa shape index (κ3) is 3.84. The Kier molecular flexibility index (Phi) is 4.75. The highest BCUT2D eigenvalue weighted by atomic mass is 15.1. The van der Waals surface area contributed by atoms with Crippen molar-refractivity contribution in [3.05, 3.63) is 11.8 Å². The summed E-state index contributed by atoms with van der Waals surface area (Å²) in [4.78, 5) is 11.2. The second kappa shape index (κ2) is 6.54. The van der Waals surface area contributed by atoms with Crippen molar-refractivity contribution in [2.24, 2.45) is 0 Å². The molecule has 5 heteroatoms. The monoisotopic (exact) mass is 249 g/mol. The predicted molar refractivity (Wildman–Crippen MR) is 75.1 cm³/mol. The maximum Gasteiger partial charge on any atom is 0.224 e. The van der Waals surface area contributed by atoms with Gasteiger partial charge in [-0.2, -0.15) is 4.98 Å². The van der Waals surface area contributed by atoms with E-state index in [0.29, 0.717) is 5.95 Å². The summed E-state index contributed by atoms with van der Waals surface area (Å²) in [5.41, 5.74) is 0.983. The van der Waals surface area contributed by atoms with Crippen LogP contribution in [-0.2, 0) is 0 Å². The Hall–Kier alpha value is -1.36. The minimum atomic E-state index is 0.678. The van der Waals surface area contributed by atoms with E-state index in [4.69, 9.17) is 0 Å². The van der Waals surface area contributed by atoms with E-state index in [1.807, 2.05) is 20.0 Å². The zero-order valence-electron chi connectivity index (χ0n) is 11.4. The minimum absolute atomic E-state index is 0.678. The second-order valence-electron chi connectivity index (χ2n) is 4.80. The molecule has 0 spiro atoms. The van der Waals surface area contributed by atoms with Crippen LogP contribution < -0.4 is 10.6 Å². The van der Waals surface area contributed by atoms with Crippen LogP contribution in [0.2, 0.25) is 0 Å². The Morgan fingerprint density at radius 1 is 1.28 bits per heavy atom. The average molecular weight is 249 g/mol. The summed E-state index contributed by atoms with van der Waals surface area (Å²) >= 11 is 0. The van der Waals surface area contributed by atoms with Crippen LogP contribution in [0, 0.1) is 6.92 Å². The van der Waals surface area contributed by atoms with E-state index in [9.17, 15) is 0 Å². The van der Waals surface area contributed by atoms with Gasteiger partial charge in [-0.15, -0.1) is 0 Å². The molecule has 1 saturated heterocycles. The highest BCUT2D eigenvalue weighted by Crippen LogP contribution is 2.10. The number of aryl methyl sites for hydroxylation is 1. The number of aromatic nitrogens is 2. The quantitative estimate of drug-likeness (QED) is 0.752. The maximum absolute atomic E-state index is 4.37. The first kappa shape index (κ1) is 13.1. The van der Waals surface area contributed by atoms with Gasteiger partial charge in [0, 0.05) is 25.4 Å². The molecule has 1 aliphatic rings. The molecule has 0 bridgehead atoms. The summed E-state index contributed by atoms with van der Waals surface area (Å²) in [6.45, 7) is 6.69. The molecule has 1 aromatic heterocycles. The summed E-state index contributed by atoms with van der Waals surface area (Å²) < 4.78 is 0. The number of hydrogen-bond acceptors (Lipinski definition) is 5. The fourth-order valence-electron chi connectivity index (χ4n) is 2.30. The van der Waals surface area contributed by atoms with Crippen molar-refractivity contribution in [1.29, 1.82) is 0 Å². The van der Waals surface area contributed by atoms with Crippen molar-refractivity contribution < 1.29 is 0 Å². The van der Waals surface area contributed by atoms with Gasteiger partial charge in [0.25, 0.3) is 0 Å². The van der Waals surface area contributed by atoms with Gasteiger partial charge in [-0.3, -0.25) is 0 Å². The number of anilines is 2. The van der Waals surface area contributed by atoms with Crippen molar-refractivity contribution in [3.8, 4) is 0 Å². The molecule has 100 valence electrons. The lowest BCUT2D eigenvalue weighted by Gasteiger charge is -2.14. The van der Waals surface area contributed by atoms with E-state index in [-0.39, 0.29) is 0 Å². The van der Waals surface area contributed by atoms with E-state index < -0.39 is 0 Å². The van der Waals surface area contributed by atoms with Gasteiger partial charge in [-0.25, -0.2) is 4.98 Å². The fourth-order valence-corrected chi connectivity index (χ4v) is 2.30. The van der Waals surface area contributed by atoms with Crippen molar-refractivity contribution in [1.82, 2.24) is 14.9 Å². The topological polar surface area (TPSA) is 53.1 Å². The lowest BCUT2D eigenvalue weighted by Crippen LogP contribution is -2.22. The molecule has 1 aliphatic heterocycles. The van der Waals surface area contributed by atoms with Crippen molar-refractivity contribution in [2.45, 2.75) is 26.2 Å². The molecule has 2 rings (SSSR count). The summed E-state index contributed by atoms with van der Waals surface area (Å²) in [7, 11) is 1.84. The van der Waals surface area contributed by atoms with E-state index in [0.717, 1.165) is 24.5 Å². The van der Waals surface area contributed by atoms with Gasteiger partial charge in [0.15, 0.2) is 0 Å². The SMILES string of the molecule is CNc1nc(C)cc(NCCCN2CCCC2)n1. The standard InChI is InChI=1S/C13H23N5/c1-11-10-12(17-13(14-2)16-11)15-6-5-9-18-7-3-4-8-18/h10H,3-9H2,1-2H3,(H2,14,15,16,17). The highest BCUT2D eigenvalue weighted by molar-refractivity contribution is 5.41. The van der Waals surface area contributed by atoms with Crippen LogP contribution in [-0.4, -0.2) is 48.1 Å². The number of rotatable bonds is 6. The molecule has 0 saturated carbocycles. The Balaban J connectivity index is 1.73. The molecule has 0 radical (unpaired) electrons. The van der Waals surface area contributed by atoms with E-state index >= 15 is 0 Å². The molecule has 2 N–H and O–H groups in total. The van der Waals surface area contributed by atoms with Crippen LogP contribution in [0.15, 0.2) is 6.07 Å². The number of nitrogens with one attached hydrogen (secondary N) is 2. The Labute approximate surface area is 109 Å².